The molecule has 0 aliphatic heterocycles. The fraction of sp³-hybridized carbons (Fsp3) is 0.625. The largest absolute Gasteiger partial charge is 0.384 e. The van der Waals surface area contributed by atoms with Crippen LogP contribution in [-0.4, -0.2) is 15.1 Å². The molecule has 1 aromatic rings. The van der Waals surface area contributed by atoms with Gasteiger partial charge in [0.15, 0.2) is 0 Å². The second kappa shape index (κ2) is 3.05. The third-order valence-corrected chi connectivity index (χ3v) is 2.17. The van der Waals surface area contributed by atoms with Crippen molar-refractivity contribution < 1.29 is 5.11 Å². The van der Waals surface area contributed by atoms with Crippen molar-refractivity contribution >= 4 is 0 Å². The van der Waals surface area contributed by atoms with E-state index in [2.05, 4.69) is 9.97 Å². The highest BCUT2D eigenvalue weighted by molar-refractivity contribution is 5.06. The van der Waals surface area contributed by atoms with E-state index in [1.54, 1.807) is 12.5 Å². The first-order valence-electron chi connectivity index (χ1n) is 3.94. The Balaban J connectivity index is 2.87. The number of nitrogens with zero attached hydrogens (tertiary/aromatic N) is 1. The third kappa shape index (κ3) is 1.43. The highest BCUT2D eigenvalue weighted by Gasteiger charge is 2.25. The molecule has 3 heteroatoms. The summed E-state index contributed by atoms with van der Waals surface area (Å²) in [4.78, 5) is 6.79. The van der Waals surface area contributed by atoms with Gasteiger partial charge in [0.2, 0.25) is 0 Å². The lowest BCUT2D eigenvalue weighted by Crippen LogP contribution is -2.23. The monoisotopic (exact) mass is 154 g/mol. The maximum Gasteiger partial charge on any atom is 0.105 e. The second-order valence-electron chi connectivity index (χ2n) is 2.70. The van der Waals surface area contributed by atoms with E-state index in [1.807, 2.05) is 13.8 Å². The van der Waals surface area contributed by atoms with Gasteiger partial charge in [0, 0.05) is 0 Å². The Morgan fingerprint density at radius 3 is 2.55 bits per heavy atom. The summed E-state index contributed by atoms with van der Waals surface area (Å²) in [5.41, 5.74) is 0.0961. The van der Waals surface area contributed by atoms with Crippen LogP contribution < -0.4 is 0 Å². The van der Waals surface area contributed by atoms with Crippen molar-refractivity contribution in [2.24, 2.45) is 0 Å². The van der Waals surface area contributed by atoms with Gasteiger partial charge in [-0.1, -0.05) is 13.8 Å². The van der Waals surface area contributed by atoms with E-state index in [1.165, 1.54) is 0 Å². The minimum atomic E-state index is -0.712. The van der Waals surface area contributed by atoms with E-state index >= 15 is 0 Å². The summed E-state index contributed by atoms with van der Waals surface area (Å²) in [5.74, 6) is 0. The van der Waals surface area contributed by atoms with E-state index in [-0.39, 0.29) is 0 Å². The van der Waals surface area contributed by atoms with Crippen LogP contribution in [0, 0.1) is 0 Å². The number of aliphatic hydroxyl groups is 1. The van der Waals surface area contributed by atoms with E-state index in [0.29, 0.717) is 12.8 Å². The van der Waals surface area contributed by atoms with Crippen LogP contribution in [0.2, 0.25) is 0 Å². The zero-order chi connectivity index (χ0) is 8.32. The summed E-state index contributed by atoms with van der Waals surface area (Å²) in [5, 5.41) is 9.92. The van der Waals surface area contributed by atoms with Crippen LogP contribution in [-0.2, 0) is 5.60 Å². The molecule has 0 atom stereocenters. The Morgan fingerprint density at radius 2 is 2.18 bits per heavy atom. The lowest BCUT2D eigenvalue weighted by Gasteiger charge is -2.22. The molecule has 0 saturated heterocycles. The third-order valence-electron chi connectivity index (χ3n) is 2.17. The lowest BCUT2D eigenvalue weighted by molar-refractivity contribution is 0.0244. The Kier molecular flexibility index (Phi) is 2.29. The summed E-state index contributed by atoms with van der Waals surface area (Å²) >= 11 is 0. The molecule has 0 spiro atoms. The first-order chi connectivity index (χ1) is 5.23. The minimum absolute atomic E-state index is 0.712. The molecule has 62 valence electrons. The number of nitrogens with one attached hydrogen (secondary N) is 1. The van der Waals surface area contributed by atoms with Gasteiger partial charge in [-0.3, -0.25) is 0 Å². The fourth-order valence-corrected chi connectivity index (χ4v) is 1.14. The van der Waals surface area contributed by atoms with Crippen LogP contribution in [0.25, 0.3) is 0 Å². The number of rotatable bonds is 3. The topological polar surface area (TPSA) is 48.9 Å². The van der Waals surface area contributed by atoms with Gasteiger partial charge in [-0.25, -0.2) is 4.98 Å². The maximum absolute atomic E-state index is 9.92. The summed E-state index contributed by atoms with van der Waals surface area (Å²) < 4.78 is 0. The van der Waals surface area contributed by atoms with E-state index in [9.17, 15) is 5.11 Å². The highest BCUT2D eigenvalue weighted by Crippen LogP contribution is 2.25. The SMILES string of the molecule is CCC(O)(CC)c1cnc[nH]1. The van der Waals surface area contributed by atoms with Gasteiger partial charge in [0.05, 0.1) is 18.2 Å². The first kappa shape index (κ1) is 8.27. The van der Waals surface area contributed by atoms with E-state index in [0.717, 1.165) is 5.69 Å². The van der Waals surface area contributed by atoms with Gasteiger partial charge in [-0.2, -0.15) is 0 Å². The molecule has 0 amide bonds. The summed E-state index contributed by atoms with van der Waals surface area (Å²) in [6.45, 7) is 3.93. The number of aromatic amines is 1. The van der Waals surface area contributed by atoms with Crippen molar-refractivity contribution in [3.63, 3.8) is 0 Å². The Bertz CT molecular complexity index is 202. The van der Waals surface area contributed by atoms with Crippen LogP contribution in [0.3, 0.4) is 0 Å². The number of hydrogen-bond donors (Lipinski definition) is 2. The standard InChI is InChI=1S/C8H14N2O/c1-3-8(11,4-2)7-5-9-6-10-7/h5-6,11H,3-4H2,1-2H3,(H,9,10). The number of imidazole rings is 1. The Labute approximate surface area is 66.5 Å². The molecule has 0 radical (unpaired) electrons. The average Bonchev–Trinajstić information content (AvgIpc) is 2.55. The molecule has 3 nitrogen and oxygen atoms in total. The van der Waals surface area contributed by atoms with Gasteiger partial charge in [-0.05, 0) is 12.8 Å². The zero-order valence-electron chi connectivity index (χ0n) is 6.96. The van der Waals surface area contributed by atoms with Gasteiger partial charge < -0.3 is 10.1 Å². The molecular weight excluding hydrogens is 140 g/mol. The van der Waals surface area contributed by atoms with E-state index < -0.39 is 5.60 Å². The molecule has 0 aliphatic rings. The van der Waals surface area contributed by atoms with Crippen LogP contribution in [0.15, 0.2) is 12.5 Å². The molecule has 1 rings (SSSR count). The Hall–Kier alpha value is -0.830. The molecule has 1 heterocycles. The molecule has 0 bridgehead atoms. The maximum atomic E-state index is 9.92. The summed E-state index contributed by atoms with van der Waals surface area (Å²) in [6, 6.07) is 0. The normalized spacial score (nSPS) is 11.9. The fourth-order valence-electron chi connectivity index (χ4n) is 1.14. The predicted molar refractivity (Wildman–Crippen MR) is 43.1 cm³/mol. The minimum Gasteiger partial charge on any atom is -0.384 e. The quantitative estimate of drug-likeness (QED) is 0.691. The van der Waals surface area contributed by atoms with Crippen molar-refractivity contribution in [2.45, 2.75) is 32.3 Å². The molecule has 1 aromatic heterocycles. The molecular formula is C8H14N2O. The zero-order valence-corrected chi connectivity index (χ0v) is 6.96. The summed E-state index contributed by atoms with van der Waals surface area (Å²) in [7, 11) is 0. The summed E-state index contributed by atoms with van der Waals surface area (Å²) in [6.07, 6.45) is 4.69. The molecule has 0 aromatic carbocycles. The van der Waals surface area contributed by atoms with Gasteiger partial charge >= 0.3 is 0 Å². The van der Waals surface area contributed by atoms with Gasteiger partial charge in [0.25, 0.3) is 0 Å². The van der Waals surface area contributed by atoms with Crippen LogP contribution in [0.1, 0.15) is 32.4 Å². The second-order valence-corrected chi connectivity index (χ2v) is 2.70. The number of H-pyrrole nitrogens is 1. The smallest absolute Gasteiger partial charge is 0.105 e. The van der Waals surface area contributed by atoms with Crippen LogP contribution >= 0.6 is 0 Å². The van der Waals surface area contributed by atoms with Crippen LogP contribution in [0.4, 0.5) is 0 Å². The number of aromatic nitrogens is 2. The molecule has 0 aliphatic carbocycles. The molecule has 0 fully saturated rings. The lowest BCUT2D eigenvalue weighted by atomic mass is 9.94. The van der Waals surface area contributed by atoms with Crippen molar-refractivity contribution in [2.75, 3.05) is 0 Å². The average molecular weight is 154 g/mol. The van der Waals surface area contributed by atoms with Gasteiger partial charge in [-0.15, -0.1) is 0 Å². The van der Waals surface area contributed by atoms with Gasteiger partial charge in [0.1, 0.15) is 5.60 Å². The van der Waals surface area contributed by atoms with Crippen molar-refractivity contribution in [1.82, 2.24) is 9.97 Å². The Morgan fingerprint density at radius 1 is 1.55 bits per heavy atom. The predicted octanol–water partition coefficient (Wildman–Crippen LogP) is 1.42. The first-order valence-corrected chi connectivity index (χ1v) is 3.94. The molecule has 0 saturated carbocycles. The highest BCUT2D eigenvalue weighted by atomic mass is 16.3. The van der Waals surface area contributed by atoms with E-state index in [4.69, 9.17) is 0 Å². The van der Waals surface area contributed by atoms with Crippen LogP contribution in [0.5, 0.6) is 0 Å². The molecule has 2 N–H and O–H groups in total. The van der Waals surface area contributed by atoms with Crippen molar-refractivity contribution in [3.05, 3.63) is 18.2 Å². The molecule has 11 heavy (non-hydrogen) atoms. The molecule has 0 unspecified atom stereocenters. The van der Waals surface area contributed by atoms with Crippen molar-refractivity contribution in [1.29, 1.82) is 0 Å². The number of hydrogen-bond acceptors (Lipinski definition) is 2. The van der Waals surface area contributed by atoms with Crippen molar-refractivity contribution in [3.8, 4) is 0 Å².